The summed E-state index contributed by atoms with van der Waals surface area (Å²) < 4.78 is 4.82. The molecule has 0 unspecified atom stereocenters. The summed E-state index contributed by atoms with van der Waals surface area (Å²) in [6.45, 7) is 0. The van der Waals surface area contributed by atoms with E-state index >= 15 is 0 Å². The van der Waals surface area contributed by atoms with Crippen molar-refractivity contribution < 1.29 is 153 Å². The van der Waals surface area contributed by atoms with Crippen LogP contribution in [0.4, 0.5) is 11.6 Å². The van der Waals surface area contributed by atoms with E-state index in [1.807, 2.05) is 6.07 Å². The molecule has 50 heavy (non-hydrogen) atoms. The van der Waals surface area contributed by atoms with Gasteiger partial charge in [0.2, 0.25) is 5.88 Å². The van der Waals surface area contributed by atoms with Gasteiger partial charge in [0.05, 0.1) is 24.5 Å². The number of pyridine rings is 2. The molecule has 5 rings (SSSR count). The molecular weight excluding hydrogens is 875 g/mol. The van der Waals surface area contributed by atoms with E-state index in [-0.39, 0.29) is 170 Å². The first-order valence-electron chi connectivity index (χ1n) is 11.2. The summed E-state index contributed by atoms with van der Waals surface area (Å²) in [6, 6.07) is 6.93. The molecule has 0 radical (unpaired) electrons. The van der Waals surface area contributed by atoms with Gasteiger partial charge in [0.1, 0.15) is 38.7 Å². The Kier molecular flexibility index (Phi) is 42.8. The van der Waals surface area contributed by atoms with Gasteiger partial charge in [-0.1, -0.05) is 63.6 Å². The second kappa shape index (κ2) is 35.1. The molecule has 0 saturated heterocycles. The number of methoxy groups -OCH3 is 1. The summed E-state index contributed by atoms with van der Waals surface area (Å²) in [7, 11) is 1.50. The molecule has 0 aliphatic carbocycles. The summed E-state index contributed by atoms with van der Waals surface area (Å²) in [5, 5.41) is 10.7. The quantitative estimate of drug-likeness (QED) is 0.0917. The largest absolute Gasteiger partial charge is 1.00 e. The predicted molar refractivity (Wildman–Crippen MR) is 183 cm³/mol. The summed E-state index contributed by atoms with van der Waals surface area (Å²) in [5.74, 6) is 0.823. The topological polar surface area (TPSA) is 188 Å². The minimum Gasteiger partial charge on any atom is -0.778 e. The summed E-state index contributed by atoms with van der Waals surface area (Å²) in [5.41, 5.74) is 10.9. The van der Waals surface area contributed by atoms with E-state index in [2.05, 4.69) is 77.8 Å². The van der Waals surface area contributed by atoms with Crippen molar-refractivity contribution in [2.45, 2.75) is 25.0 Å². The zero-order valence-electron chi connectivity index (χ0n) is 27.3. The Hall–Kier alpha value is 1.69. The number of halogens is 4. The molecule has 4 N–H and O–H groups in total. The molecule has 0 saturated carbocycles. The van der Waals surface area contributed by atoms with Crippen LogP contribution >= 0.6 is 46.4 Å². The third-order valence-corrected chi connectivity index (χ3v) is 6.51. The van der Waals surface area contributed by atoms with Crippen molar-refractivity contribution in [3.05, 3.63) is 81.4 Å². The number of ether oxygens (including phenoxy) is 1. The Labute approximate surface area is 447 Å². The van der Waals surface area contributed by atoms with Crippen LogP contribution in [0.3, 0.4) is 0 Å². The van der Waals surface area contributed by atoms with Gasteiger partial charge in [-0.15, -0.1) is 9.79 Å². The summed E-state index contributed by atoms with van der Waals surface area (Å²) in [4.78, 5) is 30.6. The van der Waals surface area contributed by atoms with Crippen LogP contribution < -0.4 is 164 Å². The van der Waals surface area contributed by atoms with Crippen molar-refractivity contribution in [3.63, 3.8) is 0 Å². The van der Waals surface area contributed by atoms with Crippen molar-refractivity contribution >= 4 is 121 Å². The molecule has 0 atom stereocenters. The maximum absolute atomic E-state index is 8.34. The van der Waals surface area contributed by atoms with Gasteiger partial charge < -0.3 is 79.3 Å². The summed E-state index contributed by atoms with van der Waals surface area (Å²) in [6.07, 6.45) is 8.72. The van der Waals surface area contributed by atoms with Crippen molar-refractivity contribution in [1.82, 2.24) is 39.9 Å². The van der Waals surface area contributed by atoms with Crippen molar-refractivity contribution in [3.8, 4) is 11.9 Å². The van der Waals surface area contributed by atoms with Gasteiger partial charge in [0.25, 0.3) is 0 Å². The third-order valence-electron chi connectivity index (χ3n) is 3.97. The summed E-state index contributed by atoms with van der Waals surface area (Å²) >= 11 is 45.5. The molecule has 26 heteroatoms. The number of rotatable bonds is 1. The maximum Gasteiger partial charge on any atom is 1.00 e. The molecule has 12 nitrogen and oxygen atoms in total. The molecule has 0 bridgehead atoms. The number of hydrogen-bond donors (Lipinski definition) is 2. The Morgan fingerprint density at radius 2 is 1.30 bits per heavy atom. The molecule has 236 valence electrons. The van der Waals surface area contributed by atoms with Crippen molar-refractivity contribution in [2.75, 3.05) is 18.6 Å². The molecule has 0 amide bonds. The maximum atomic E-state index is 8.34. The van der Waals surface area contributed by atoms with Crippen LogP contribution in [0.25, 0.3) is 0 Å². The van der Waals surface area contributed by atoms with E-state index in [1.165, 1.54) is 31.9 Å². The minimum absolute atomic E-state index is 0. The van der Waals surface area contributed by atoms with Gasteiger partial charge in [-0.25, -0.2) is 24.9 Å². The number of aromatic nitrogens is 8. The molecule has 0 fully saturated rings. The molecular formula is C24H16Cl4N11Na5OS5. The first-order valence-corrected chi connectivity index (χ1v) is 14.8. The fourth-order valence-electron chi connectivity index (χ4n) is 2.06. The number of hydrogen-bond acceptors (Lipinski definition) is 17. The Bertz CT molecular complexity index is 1660. The molecule has 5 aromatic rings. The SMILES string of the molecule is COc1nccc([S-])c1Cl.N#Cc1ncccc1[S-].Nc1nc(Cl)cnc1[S-].Nc1nc([S-])ncc1Cl.[Na+].[Na+].[Na+].[Na+].[Na+].[S-]c1cnc(Cl)cn1. The second-order valence-corrected chi connectivity index (χ2v) is 10.6. The van der Waals surface area contributed by atoms with Gasteiger partial charge in [-0.2, -0.15) is 5.26 Å². The van der Waals surface area contributed by atoms with Gasteiger partial charge in [-0.05, 0) is 11.1 Å². The number of nitrogen functional groups attached to an aromatic ring is 2. The van der Waals surface area contributed by atoms with Crippen LogP contribution in [-0.4, -0.2) is 47.0 Å². The van der Waals surface area contributed by atoms with Crippen molar-refractivity contribution in [2.24, 2.45) is 0 Å². The van der Waals surface area contributed by atoms with E-state index in [0.717, 1.165) is 0 Å². The average Bonchev–Trinajstić information content (AvgIpc) is 3.02. The van der Waals surface area contributed by atoms with E-state index in [1.54, 1.807) is 30.6 Å². The molecule has 5 heterocycles. The molecule has 0 aromatic carbocycles. The average molecular weight is 892 g/mol. The van der Waals surface area contributed by atoms with Crippen LogP contribution in [0, 0.1) is 11.3 Å². The molecule has 0 spiro atoms. The normalized spacial score (nSPS) is 8.24. The number of nitrogens with two attached hydrogens (primary N) is 2. The fraction of sp³-hybridized carbons (Fsp3) is 0.0417. The Morgan fingerprint density at radius 1 is 0.680 bits per heavy atom. The number of nitriles is 1. The predicted octanol–water partition coefficient (Wildman–Crippen LogP) is -10.2. The number of nitrogens with zero attached hydrogens (tertiary/aromatic N) is 9. The molecule has 5 aromatic heterocycles. The van der Waals surface area contributed by atoms with Gasteiger partial charge in [-0.3, -0.25) is 15.0 Å². The molecule has 0 aliphatic heterocycles. The zero-order valence-corrected chi connectivity index (χ0v) is 44.4. The second-order valence-electron chi connectivity index (χ2n) is 7.04. The Balaban J connectivity index is -0.000000165. The third kappa shape index (κ3) is 26.5. The fourth-order valence-corrected chi connectivity index (χ4v) is 3.26. The smallest absolute Gasteiger partial charge is 0.778 e. The minimum atomic E-state index is 0. The van der Waals surface area contributed by atoms with E-state index in [4.69, 9.17) is 93.1 Å². The van der Waals surface area contributed by atoms with Crippen LogP contribution in [0.2, 0.25) is 20.4 Å². The Morgan fingerprint density at radius 3 is 1.70 bits per heavy atom. The van der Waals surface area contributed by atoms with Gasteiger partial charge in [0.15, 0.2) is 0 Å². The van der Waals surface area contributed by atoms with Gasteiger partial charge >= 0.3 is 148 Å². The first kappa shape index (κ1) is 60.9. The van der Waals surface area contributed by atoms with Crippen LogP contribution in [0.5, 0.6) is 5.88 Å². The van der Waals surface area contributed by atoms with E-state index in [9.17, 15) is 0 Å². The van der Waals surface area contributed by atoms with Crippen LogP contribution in [0.1, 0.15) is 5.69 Å². The molecule has 0 aliphatic rings. The van der Waals surface area contributed by atoms with E-state index in [0.29, 0.717) is 46.6 Å². The number of anilines is 2. The standard InChI is InChI=1S/C6H6ClNOS.C6H4N2S.2C4H4ClN3S.C4H3ClN2S.5Na/c1-9-6-5(7)4(10)2-3-8-6;7-4-5-6(9)2-1-3-8-5;5-2-1-7-4(9)3(6)8-2;5-2-1-7-4(9)8-3(2)6;5-3-1-7-4(8)2-6-3;;;;;/h2-3H,1H3,(H,8,10);1-3,9H;1H,(H2,6,8)(H,7,9);1H,(H3,6,7,8,9);1-2H,(H,7,8);;;;;/q;;;;;5*+1/p-5. The van der Waals surface area contributed by atoms with Crippen LogP contribution in [-0.2, 0) is 63.1 Å². The first-order chi connectivity index (χ1) is 21.3. The van der Waals surface area contributed by atoms with Crippen molar-refractivity contribution in [1.29, 1.82) is 5.26 Å². The van der Waals surface area contributed by atoms with Crippen LogP contribution in [0.15, 0.2) is 80.4 Å². The zero-order chi connectivity index (χ0) is 33.9. The van der Waals surface area contributed by atoms with E-state index < -0.39 is 0 Å². The monoisotopic (exact) mass is 889 g/mol. The van der Waals surface area contributed by atoms with Gasteiger partial charge in [0, 0.05) is 29.9 Å².